The molecule has 0 fully saturated rings. The molecule has 1 aromatic carbocycles. The summed E-state index contributed by atoms with van der Waals surface area (Å²) in [5, 5.41) is 6.03. The van der Waals surface area contributed by atoms with Crippen molar-refractivity contribution in [2.75, 3.05) is 18.4 Å². The highest BCUT2D eigenvalue weighted by atomic mass is 16.1. The second-order valence-electron chi connectivity index (χ2n) is 3.56. The zero-order valence-corrected chi connectivity index (χ0v) is 9.29. The van der Waals surface area contributed by atoms with Gasteiger partial charge < -0.3 is 10.6 Å². The summed E-state index contributed by atoms with van der Waals surface area (Å²) in [7, 11) is 0. The average molecular weight is 206 g/mol. The topological polar surface area (TPSA) is 41.1 Å². The lowest BCUT2D eigenvalue weighted by Crippen LogP contribution is -2.30. The van der Waals surface area contributed by atoms with Crippen molar-refractivity contribution in [1.82, 2.24) is 5.32 Å². The predicted octanol–water partition coefficient (Wildman–Crippen LogP) is 1.87. The Labute approximate surface area is 90.9 Å². The normalized spacial score (nSPS) is 12.1. The van der Waals surface area contributed by atoms with Gasteiger partial charge in [0, 0.05) is 18.2 Å². The van der Waals surface area contributed by atoms with Crippen LogP contribution >= 0.6 is 0 Å². The Bertz CT molecular complexity index is 298. The lowest BCUT2D eigenvalue weighted by Gasteiger charge is -2.12. The Morgan fingerprint density at radius 1 is 1.33 bits per heavy atom. The molecule has 0 aliphatic heterocycles. The number of benzene rings is 1. The zero-order valence-electron chi connectivity index (χ0n) is 9.29. The van der Waals surface area contributed by atoms with Gasteiger partial charge >= 0.3 is 0 Å². The van der Waals surface area contributed by atoms with Gasteiger partial charge in [-0.25, -0.2) is 0 Å². The van der Waals surface area contributed by atoms with Crippen molar-refractivity contribution >= 4 is 11.6 Å². The Morgan fingerprint density at radius 2 is 2.00 bits per heavy atom. The first-order chi connectivity index (χ1) is 7.24. The van der Waals surface area contributed by atoms with E-state index < -0.39 is 0 Å². The summed E-state index contributed by atoms with van der Waals surface area (Å²) in [5.41, 5.74) is 0.853. The zero-order chi connectivity index (χ0) is 11.1. The highest BCUT2D eigenvalue weighted by molar-refractivity contribution is 5.92. The summed E-state index contributed by atoms with van der Waals surface area (Å²) in [6.07, 6.45) is 0. The monoisotopic (exact) mass is 206 g/mol. The number of nitrogens with one attached hydrogen (secondary N) is 2. The summed E-state index contributed by atoms with van der Waals surface area (Å²) in [5.74, 6) is 0.0484. The molecule has 1 rings (SSSR count). The molecule has 15 heavy (non-hydrogen) atoms. The van der Waals surface area contributed by atoms with Crippen molar-refractivity contribution in [2.45, 2.75) is 13.8 Å². The summed E-state index contributed by atoms with van der Waals surface area (Å²) in [6, 6.07) is 9.52. The van der Waals surface area contributed by atoms with E-state index >= 15 is 0 Å². The number of carbonyl (C=O) groups is 1. The largest absolute Gasteiger partial charge is 0.326 e. The molecule has 0 bridgehead atoms. The molecule has 1 aromatic rings. The molecule has 2 N–H and O–H groups in total. The molecule has 0 radical (unpaired) electrons. The first kappa shape index (κ1) is 11.7. The van der Waals surface area contributed by atoms with Gasteiger partial charge in [-0.1, -0.05) is 32.0 Å². The number of hydrogen-bond donors (Lipinski definition) is 2. The minimum absolute atomic E-state index is 0.00911. The van der Waals surface area contributed by atoms with Crippen molar-refractivity contribution < 1.29 is 4.79 Å². The molecule has 1 atom stereocenters. The van der Waals surface area contributed by atoms with Gasteiger partial charge in [-0.2, -0.15) is 0 Å². The number of amides is 1. The van der Waals surface area contributed by atoms with Crippen molar-refractivity contribution in [1.29, 1.82) is 0 Å². The Morgan fingerprint density at radius 3 is 2.60 bits per heavy atom. The number of anilines is 1. The summed E-state index contributed by atoms with van der Waals surface area (Å²) in [4.78, 5) is 11.7. The van der Waals surface area contributed by atoms with Crippen LogP contribution < -0.4 is 10.6 Å². The van der Waals surface area contributed by atoms with Crippen LogP contribution in [0.2, 0.25) is 0 Å². The van der Waals surface area contributed by atoms with Gasteiger partial charge in [-0.3, -0.25) is 4.79 Å². The van der Waals surface area contributed by atoms with Gasteiger partial charge in [-0.05, 0) is 18.7 Å². The summed E-state index contributed by atoms with van der Waals surface area (Å²) in [6.45, 7) is 5.56. The van der Waals surface area contributed by atoms with Crippen molar-refractivity contribution in [3.63, 3.8) is 0 Å². The van der Waals surface area contributed by atoms with Gasteiger partial charge in [0.15, 0.2) is 0 Å². The fourth-order valence-corrected chi connectivity index (χ4v) is 1.24. The number of para-hydroxylation sites is 1. The maximum absolute atomic E-state index is 11.7. The van der Waals surface area contributed by atoms with Crippen LogP contribution in [-0.4, -0.2) is 19.0 Å². The molecular weight excluding hydrogens is 188 g/mol. The van der Waals surface area contributed by atoms with Crippen LogP contribution in [0.15, 0.2) is 30.3 Å². The first-order valence-electron chi connectivity index (χ1n) is 5.30. The van der Waals surface area contributed by atoms with Crippen LogP contribution in [0.25, 0.3) is 0 Å². The Kier molecular flexibility index (Phi) is 4.84. The molecule has 1 amide bonds. The second-order valence-corrected chi connectivity index (χ2v) is 3.56. The predicted molar refractivity (Wildman–Crippen MR) is 62.8 cm³/mol. The van der Waals surface area contributed by atoms with E-state index in [1.807, 2.05) is 44.2 Å². The van der Waals surface area contributed by atoms with E-state index in [0.29, 0.717) is 0 Å². The molecule has 3 nitrogen and oxygen atoms in total. The van der Waals surface area contributed by atoms with E-state index in [0.717, 1.165) is 18.8 Å². The van der Waals surface area contributed by atoms with Gasteiger partial charge in [0.25, 0.3) is 0 Å². The molecule has 0 aliphatic rings. The van der Waals surface area contributed by atoms with Crippen LogP contribution in [0.4, 0.5) is 5.69 Å². The summed E-state index contributed by atoms with van der Waals surface area (Å²) >= 11 is 0. The highest BCUT2D eigenvalue weighted by Crippen LogP contribution is 2.07. The fourth-order valence-electron chi connectivity index (χ4n) is 1.24. The first-order valence-corrected chi connectivity index (χ1v) is 5.30. The van der Waals surface area contributed by atoms with Crippen molar-refractivity contribution in [3.05, 3.63) is 30.3 Å². The maximum atomic E-state index is 11.7. The van der Waals surface area contributed by atoms with Crippen LogP contribution in [0.3, 0.4) is 0 Å². The lowest BCUT2D eigenvalue weighted by molar-refractivity contribution is -0.119. The van der Waals surface area contributed by atoms with Crippen LogP contribution in [0, 0.1) is 5.92 Å². The number of carbonyl (C=O) groups excluding carboxylic acids is 1. The number of hydrogen-bond acceptors (Lipinski definition) is 2. The molecule has 0 aromatic heterocycles. The van der Waals surface area contributed by atoms with Crippen LogP contribution in [0.5, 0.6) is 0 Å². The third-order valence-corrected chi connectivity index (χ3v) is 2.19. The lowest BCUT2D eigenvalue weighted by atomic mass is 10.1. The van der Waals surface area contributed by atoms with Gasteiger partial charge in [0.1, 0.15) is 0 Å². The number of rotatable bonds is 5. The smallest absolute Gasteiger partial charge is 0.228 e. The quantitative estimate of drug-likeness (QED) is 0.772. The molecule has 82 valence electrons. The van der Waals surface area contributed by atoms with E-state index in [-0.39, 0.29) is 11.8 Å². The minimum atomic E-state index is -0.00911. The molecule has 1 unspecified atom stereocenters. The standard InChI is InChI=1S/C12H18N2O/c1-3-13-9-10(2)12(15)14-11-7-5-4-6-8-11/h4-8,10,13H,3,9H2,1-2H3,(H,14,15). The van der Waals surface area contributed by atoms with E-state index in [9.17, 15) is 4.79 Å². The summed E-state index contributed by atoms with van der Waals surface area (Å²) < 4.78 is 0. The highest BCUT2D eigenvalue weighted by Gasteiger charge is 2.11. The Hall–Kier alpha value is -1.35. The molecule has 0 aliphatic carbocycles. The molecule has 0 saturated carbocycles. The van der Waals surface area contributed by atoms with E-state index in [1.54, 1.807) is 0 Å². The third kappa shape index (κ3) is 4.13. The average Bonchev–Trinajstić information content (AvgIpc) is 2.27. The molecule has 3 heteroatoms. The molecule has 0 saturated heterocycles. The van der Waals surface area contributed by atoms with Crippen molar-refractivity contribution in [2.24, 2.45) is 5.92 Å². The van der Waals surface area contributed by atoms with Crippen molar-refractivity contribution in [3.8, 4) is 0 Å². The van der Waals surface area contributed by atoms with E-state index in [2.05, 4.69) is 10.6 Å². The Balaban J connectivity index is 2.42. The molecular formula is C12H18N2O. The van der Waals surface area contributed by atoms with Gasteiger partial charge in [0.2, 0.25) is 5.91 Å². The molecule has 0 spiro atoms. The van der Waals surface area contributed by atoms with Crippen LogP contribution in [-0.2, 0) is 4.79 Å². The molecule has 0 heterocycles. The van der Waals surface area contributed by atoms with E-state index in [1.165, 1.54) is 0 Å². The second kappa shape index (κ2) is 6.19. The fraction of sp³-hybridized carbons (Fsp3) is 0.417. The minimum Gasteiger partial charge on any atom is -0.326 e. The third-order valence-electron chi connectivity index (χ3n) is 2.19. The van der Waals surface area contributed by atoms with Gasteiger partial charge in [-0.15, -0.1) is 0 Å². The SMILES string of the molecule is CCNCC(C)C(=O)Nc1ccccc1. The maximum Gasteiger partial charge on any atom is 0.228 e. The van der Waals surface area contributed by atoms with Crippen LogP contribution in [0.1, 0.15) is 13.8 Å². The van der Waals surface area contributed by atoms with Gasteiger partial charge in [0.05, 0.1) is 0 Å². The van der Waals surface area contributed by atoms with E-state index in [4.69, 9.17) is 0 Å².